The fourth-order valence-corrected chi connectivity index (χ4v) is 3.55. The van der Waals surface area contributed by atoms with Gasteiger partial charge in [0.25, 0.3) is 0 Å². The summed E-state index contributed by atoms with van der Waals surface area (Å²) in [5.41, 5.74) is -1.78. The molecule has 5 heteroatoms. The number of hydrogen-bond donors (Lipinski definition) is 0. The lowest BCUT2D eigenvalue weighted by Crippen LogP contribution is -2.45. The van der Waals surface area contributed by atoms with Crippen LogP contribution in [-0.2, 0) is 4.74 Å². The largest absolute Gasteiger partial charge is 0.361 e. The number of fused-ring (bicyclic) bond motifs is 1. The molecule has 0 aromatic carbocycles. The summed E-state index contributed by atoms with van der Waals surface area (Å²) in [7, 11) is 0. The van der Waals surface area contributed by atoms with Crippen molar-refractivity contribution in [2.75, 3.05) is 0 Å². The minimum atomic E-state index is -3.50. The van der Waals surface area contributed by atoms with Crippen LogP contribution in [0.15, 0.2) is 0 Å². The van der Waals surface area contributed by atoms with Crippen LogP contribution in [0.3, 0.4) is 0 Å². The van der Waals surface area contributed by atoms with E-state index in [-0.39, 0.29) is 31.6 Å². The second-order valence-corrected chi connectivity index (χ2v) is 5.29. The maximum absolute atomic E-state index is 14.1. The van der Waals surface area contributed by atoms with Crippen LogP contribution in [0.25, 0.3) is 0 Å². The van der Waals surface area contributed by atoms with Crippen LogP contribution in [0.1, 0.15) is 32.1 Å². The summed E-state index contributed by atoms with van der Waals surface area (Å²) in [4.78, 5) is 0. The van der Waals surface area contributed by atoms with E-state index in [2.05, 4.69) is 4.74 Å². The molecule has 0 spiro atoms. The highest BCUT2D eigenvalue weighted by Crippen LogP contribution is 2.60. The molecule has 4 fully saturated rings. The minimum absolute atomic E-state index is 0.0786. The molecule has 4 rings (SSSR count). The topological polar surface area (TPSA) is 9.23 Å². The summed E-state index contributed by atoms with van der Waals surface area (Å²) < 4.78 is 59.1. The molecule has 2 heterocycles. The van der Waals surface area contributed by atoms with E-state index in [4.69, 9.17) is 0 Å². The Balaban J connectivity index is 2.05. The molecule has 2 saturated heterocycles. The van der Waals surface area contributed by atoms with Crippen molar-refractivity contribution in [1.29, 1.82) is 0 Å². The molecule has 4 atom stereocenters. The summed E-state index contributed by atoms with van der Waals surface area (Å²) in [6, 6.07) is 0. The molecule has 0 aromatic heterocycles. The average Bonchev–Trinajstić information content (AvgIpc) is 2.04. The molecule has 0 N–H and O–H groups in total. The molecule has 86 valence electrons. The molecule has 0 unspecified atom stereocenters. The molecule has 0 amide bonds. The fourth-order valence-electron chi connectivity index (χ4n) is 3.55. The quantitative estimate of drug-likeness (QED) is 0.574. The zero-order valence-electron chi connectivity index (χ0n) is 8.11. The van der Waals surface area contributed by atoms with Gasteiger partial charge in [-0.1, -0.05) is 0 Å². The van der Waals surface area contributed by atoms with Crippen molar-refractivity contribution in [3.63, 3.8) is 0 Å². The van der Waals surface area contributed by atoms with Crippen molar-refractivity contribution < 1.29 is 22.3 Å². The van der Waals surface area contributed by atoms with E-state index >= 15 is 0 Å². The molecule has 4 aliphatic rings. The normalized spacial score (nSPS) is 56.8. The molecule has 0 radical (unpaired) electrons. The van der Waals surface area contributed by atoms with Gasteiger partial charge in [-0.25, -0.2) is 8.78 Å². The van der Waals surface area contributed by atoms with Crippen LogP contribution < -0.4 is 0 Å². The van der Waals surface area contributed by atoms with Gasteiger partial charge in [-0.3, -0.25) is 4.74 Å². The third kappa shape index (κ3) is 1.39. The predicted octanol–water partition coefficient (Wildman–Crippen LogP) is 3.19. The molecule has 0 aromatic rings. The first kappa shape index (κ1) is 9.87. The average molecular weight is 224 g/mol. The van der Waals surface area contributed by atoms with E-state index in [1.54, 1.807) is 0 Å². The number of halogens is 4. The lowest BCUT2D eigenvalue weighted by Gasteiger charge is -2.43. The number of alkyl halides is 4. The Morgan fingerprint density at radius 1 is 1.00 bits per heavy atom. The Bertz CT molecular complexity index is 308. The first-order valence-electron chi connectivity index (χ1n) is 5.26. The van der Waals surface area contributed by atoms with E-state index in [0.717, 1.165) is 0 Å². The van der Waals surface area contributed by atoms with E-state index in [0.29, 0.717) is 0 Å². The van der Waals surface area contributed by atoms with Crippen molar-refractivity contribution in [1.82, 2.24) is 0 Å². The van der Waals surface area contributed by atoms with Gasteiger partial charge in [0.15, 0.2) is 0 Å². The Hall–Kier alpha value is -0.320. The van der Waals surface area contributed by atoms with Crippen molar-refractivity contribution >= 4 is 0 Å². The first-order chi connectivity index (χ1) is 6.80. The molecular formula is C10H12F4O. The molecule has 4 bridgehead atoms. The van der Waals surface area contributed by atoms with Crippen molar-refractivity contribution in [3.05, 3.63) is 0 Å². The Kier molecular flexibility index (Phi) is 1.64. The monoisotopic (exact) mass is 224 g/mol. The third-order valence-electron chi connectivity index (χ3n) is 3.85. The van der Waals surface area contributed by atoms with Crippen LogP contribution in [-0.4, -0.2) is 17.6 Å². The van der Waals surface area contributed by atoms with E-state index in [1.807, 2.05) is 0 Å². The van der Waals surface area contributed by atoms with Gasteiger partial charge in [0.2, 0.25) is 5.85 Å². The molecule has 15 heavy (non-hydrogen) atoms. The SMILES string of the molecule is FC1(F)O[C@@]2(F)C[C@@H]3C[C@H]1C[C@@](F)(C3)C2. The van der Waals surface area contributed by atoms with Gasteiger partial charge in [-0.15, -0.1) is 0 Å². The predicted molar refractivity (Wildman–Crippen MR) is 43.8 cm³/mol. The van der Waals surface area contributed by atoms with Crippen LogP contribution in [0.5, 0.6) is 0 Å². The minimum Gasteiger partial charge on any atom is -0.283 e. The second-order valence-electron chi connectivity index (χ2n) is 5.29. The summed E-state index contributed by atoms with van der Waals surface area (Å²) in [6.07, 6.45) is -3.97. The fraction of sp³-hybridized carbons (Fsp3) is 1.00. The third-order valence-corrected chi connectivity index (χ3v) is 3.85. The molecule has 1 nitrogen and oxygen atoms in total. The highest BCUT2D eigenvalue weighted by Gasteiger charge is 2.65. The van der Waals surface area contributed by atoms with Crippen molar-refractivity contribution in [2.24, 2.45) is 11.8 Å². The maximum Gasteiger partial charge on any atom is 0.361 e. The van der Waals surface area contributed by atoms with E-state index in [1.165, 1.54) is 0 Å². The standard InChI is InChI=1S/C10H12F4O/c11-8-2-6-1-7(4-8)10(13,14)15-9(12,3-6)5-8/h6-7H,1-5H2/t6-,7+,8+,9+/m1/s1. The molecule has 2 aliphatic heterocycles. The number of rotatable bonds is 0. The molecule has 2 aliphatic carbocycles. The Morgan fingerprint density at radius 3 is 2.40 bits per heavy atom. The van der Waals surface area contributed by atoms with Gasteiger partial charge in [0.05, 0.1) is 5.92 Å². The zero-order chi connectivity index (χ0) is 10.9. The molecule has 2 saturated carbocycles. The highest BCUT2D eigenvalue weighted by molar-refractivity contribution is 5.04. The Morgan fingerprint density at radius 2 is 1.73 bits per heavy atom. The first-order valence-corrected chi connectivity index (χ1v) is 5.26. The Labute approximate surface area is 84.8 Å². The lowest BCUT2D eigenvalue weighted by molar-refractivity contribution is -0.342. The number of ether oxygens (including phenoxy) is 1. The molecular weight excluding hydrogens is 212 g/mol. The van der Waals surface area contributed by atoms with Crippen LogP contribution in [0, 0.1) is 11.8 Å². The van der Waals surface area contributed by atoms with Crippen molar-refractivity contribution in [3.8, 4) is 0 Å². The van der Waals surface area contributed by atoms with Gasteiger partial charge in [0.1, 0.15) is 5.67 Å². The summed E-state index contributed by atoms with van der Waals surface area (Å²) in [6.45, 7) is 0. The van der Waals surface area contributed by atoms with Gasteiger partial charge < -0.3 is 0 Å². The van der Waals surface area contributed by atoms with Gasteiger partial charge in [-0.05, 0) is 25.2 Å². The van der Waals surface area contributed by atoms with Crippen LogP contribution >= 0.6 is 0 Å². The summed E-state index contributed by atoms with van der Waals surface area (Å²) >= 11 is 0. The van der Waals surface area contributed by atoms with Gasteiger partial charge in [0, 0.05) is 12.8 Å². The van der Waals surface area contributed by atoms with E-state index < -0.39 is 30.0 Å². The van der Waals surface area contributed by atoms with Gasteiger partial charge >= 0.3 is 6.11 Å². The van der Waals surface area contributed by atoms with Crippen LogP contribution in [0.2, 0.25) is 0 Å². The highest BCUT2D eigenvalue weighted by atomic mass is 19.3. The van der Waals surface area contributed by atoms with Crippen LogP contribution in [0.4, 0.5) is 17.6 Å². The smallest absolute Gasteiger partial charge is 0.283 e. The van der Waals surface area contributed by atoms with Gasteiger partial charge in [-0.2, -0.15) is 8.78 Å². The van der Waals surface area contributed by atoms with Crippen molar-refractivity contribution in [2.45, 2.75) is 49.7 Å². The summed E-state index contributed by atoms with van der Waals surface area (Å²) in [5, 5.41) is 0. The zero-order valence-corrected chi connectivity index (χ0v) is 8.11. The maximum atomic E-state index is 14.1. The second kappa shape index (κ2) is 2.50. The van der Waals surface area contributed by atoms with E-state index in [9.17, 15) is 17.6 Å². The lowest BCUT2D eigenvalue weighted by atomic mass is 9.65. The number of hydrogen-bond acceptors (Lipinski definition) is 1. The summed E-state index contributed by atoms with van der Waals surface area (Å²) in [5.74, 6) is -3.89.